The van der Waals surface area contributed by atoms with Crippen LogP contribution >= 0.6 is 11.8 Å². The molecule has 0 atom stereocenters. The van der Waals surface area contributed by atoms with Gasteiger partial charge in [-0.15, -0.1) is 0 Å². The van der Waals surface area contributed by atoms with Crippen LogP contribution in [0.25, 0.3) is 10.9 Å². The fourth-order valence-corrected chi connectivity index (χ4v) is 2.49. The number of nitrogens with one attached hydrogen (secondary N) is 1. The van der Waals surface area contributed by atoms with E-state index >= 15 is 0 Å². The van der Waals surface area contributed by atoms with Crippen LogP contribution in [0.4, 0.5) is 0 Å². The summed E-state index contributed by atoms with van der Waals surface area (Å²) in [6.07, 6.45) is 2.02. The zero-order valence-electron chi connectivity index (χ0n) is 9.64. The number of ether oxygens (including phenoxy) is 1. The molecule has 1 aromatic heterocycles. The molecule has 0 bridgehead atoms. The van der Waals surface area contributed by atoms with Crippen molar-refractivity contribution in [3.8, 4) is 0 Å². The van der Waals surface area contributed by atoms with Crippen LogP contribution in [0.2, 0.25) is 0 Å². The first-order valence-corrected chi connectivity index (χ1v) is 6.12. The Labute approximate surface area is 104 Å². The first-order chi connectivity index (χ1) is 8.22. The molecular formula is C12H15N3OS. The summed E-state index contributed by atoms with van der Waals surface area (Å²) in [7, 11) is 1.69. The van der Waals surface area contributed by atoms with E-state index in [9.17, 15) is 0 Å². The van der Waals surface area contributed by atoms with Gasteiger partial charge in [0.25, 0.3) is 0 Å². The maximum atomic E-state index is 7.36. The smallest absolute Gasteiger partial charge is 0.156 e. The number of hydrogen-bond acceptors (Lipinski definition) is 3. The zero-order chi connectivity index (χ0) is 12.3. The van der Waals surface area contributed by atoms with Crippen molar-refractivity contribution in [1.82, 2.24) is 4.57 Å². The molecule has 5 heteroatoms. The monoisotopic (exact) mass is 249 g/mol. The van der Waals surface area contributed by atoms with E-state index in [2.05, 4.69) is 10.6 Å². The average Bonchev–Trinajstić information content (AvgIpc) is 2.65. The molecule has 0 radical (unpaired) electrons. The molecule has 1 heterocycles. The van der Waals surface area contributed by atoms with Crippen molar-refractivity contribution in [2.75, 3.05) is 13.7 Å². The van der Waals surface area contributed by atoms with Gasteiger partial charge >= 0.3 is 0 Å². The molecule has 0 aliphatic carbocycles. The van der Waals surface area contributed by atoms with Gasteiger partial charge in [0.2, 0.25) is 0 Å². The maximum Gasteiger partial charge on any atom is 0.156 e. The van der Waals surface area contributed by atoms with Crippen molar-refractivity contribution in [1.29, 1.82) is 5.41 Å². The van der Waals surface area contributed by atoms with E-state index in [-0.39, 0.29) is 5.17 Å². The lowest BCUT2D eigenvalue weighted by atomic mass is 10.2. The molecule has 3 N–H and O–H groups in total. The van der Waals surface area contributed by atoms with Gasteiger partial charge in [0.1, 0.15) is 0 Å². The third-order valence-electron chi connectivity index (χ3n) is 2.51. The Morgan fingerprint density at radius 2 is 2.24 bits per heavy atom. The maximum absolute atomic E-state index is 7.36. The van der Waals surface area contributed by atoms with Gasteiger partial charge in [-0.2, -0.15) is 0 Å². The highest BCUT2D eigenvalue weighted by Gasteiger charge is 2.09. The van der Waals surface area contributed by atoms with Gasteiger partial charge in [0, 0.05) is 35.6 Å². The molecule has 1 aromatic carbocycles. The third-order valence-corrected chi connectivity index (χ3v) is 3.27. The van der Waals surface area contributed by atoms with Gasteiger partial charge in [-0.25, -0.2) is 0 Å². The lowest BCUT2D eigenvalue weighted by molar-refractivity contribution is 0.188. The number of para-hydroxylation sites is 1. The molecule has 4 nitrogen and oxygen atoms in total. The molecule has 0 fully saturated rings. The van der Waals surface area contributed by atoms with Crippen LogP contribution in [0.1, 0.15) is 0 Å². The lowest BCUT2D eigenvalue weighted by Gasteiger charge is -2.03. The summed E-state index contributed by atoms with van der Waals surface area (Å²) in [4.78, 5) is 1.02. The fraction of sp³-hybridized carbons (Fsp3) is 0.250. The molecule has 0 saturated heterocycles. The van der Waals surface area contributed by atoms with Gasteiger partial charge in [0.05, 0.1) is 6.61 Å². The third kappa shape index (κ3) is 2.62. The number of nitrogens with zero attached hydrogens (tertiary/aromatic N) is 1. The van der Waals surface area contributed by atoms with Crippen LogP contribution in [0, 0.1) is 5.41 Å². The average molecular weight is 249 g/mol. The highest BCUT2D eigenvalue weighted by atomic mass is 32.2. The van der Waals surface area contributed by atoms with Gasteiger partial charge in [0.15, 0.2) is 5.17 Å². The van der Waals surface area contributed by atoms with Crippen molar-refractivity contribution in [3.63, 3.8) is 0 Å². The van der Waals surface area contributed by atoms with Crippen LogP contribution in [0.5, 0.6) is 0 Å². The number of hydrogen-bond donors (Lipinski definition) is 2. The van der Waals surface area contributed by atoms with Crippen molar-refractivity contribution < 1.29 is 4.74 Å². The molecule has 2 rings (SSSR count). The van der Waals surface area contributed by atoms with Gasteiger partial charge in [-0.1, -0.05) is 30.0 Å². The van der Waals surface area contributed by atoms with E-state index in [1.165, 1.54) is 11.8 Å². The van der Waals surface area contributed by atoms with E-state index in [0.717, 1.165) is 22.3 Å². The Hall–Kier alpha value is -1.46. The standard InChI is InChI=1S/C12H15N3OS/c1-16-7-6-15-8-11(17-12(13)14)9-4-2-3-5-10(9)15/h2-5,8H,6-7H2,1H3,(H3,13,14). The minimum absolute atomic E-state index is 0.111. The minimum Gasteiger partial charge on any atom is -0.383 e. The van der Waals surface area contributed by atoms with E-state index < -0.39 is 0 Å². The molecule has 0 aliphatic heterocycles. The van der Waals surface area contributed by atoms with Crippen LogP contribution in [-0.4, -0.2) is 23.5 Å². The number of rotatable bonds is 4. The highest BCUT2D eigenvalue weighted by Crippen LogP contribution is 2.29. The summed E-state index contributed by atoms with van der Waals surface area (Å²) >= 11 is 1.28. The Morgan fingerprint density at radius 1 is 1.47 bits per heavy atom. The molecule has 0 unspecified atom stereocenters. The largest absolute Gasteiger partial charge is 0.383 e. The lowest BCUT2D eigenvalue weighted by Crippen LogP contribution is -2.03. The summed E-state index contributed by atoms with van der Waals surface area (Å²) in [5, 5.41) is 8.60. The summed E-state index contributed by atoms with van der Waals surface area (Å²) in [5.74, 6) is 0. The van der Waals surface area contributed by atoms with Crippen LogP contribution in [-0.2, 0) is 11.3 Å². The highest BCUT2D eigenvalue weighted by molar-refractivity contribution is 8.13. The summed E-state index contributed by atoms with van der Waals surface area (Å²) in [6, 6.07) is 8.11. The SMILES string of the molecule is COCCn1cc(SC(=N)N)c2ccccc21. The number of aromatic nitrogens is 1. The second-order valence-corrected chi connectivity index (χ2v) is 4.75. The van der Waals surface area contributed by atoms with Crippen molar-refractivity contribution in [2.45, 2.75) is 11.4 Å². The Balaban J connectivity index is 2.42. The Morgan fingerprint density at radius 3 is 2.94 bits per heavy atom. The first kappa shape index (κ1) is 12.0. The van der Waals surface area contributed by atoms with Crippen molar-refractivity contribution in [3.05, 3.63) is 30.5 Å². The number of benzene rings is 1. The molecule has 90 valence electrons. The Kier molecular flexibility index (Phi) is 3.71. The van der Waals surface area contributed by atoms with E-state index in [1.807, 2.05) is 24.4 Å². The molecule has 2 aromatic rings. The topological polar surface area (TPSA) is 64.0 Å². The van der Waals surface area contributed by atoms with Crippen molar-refractivity contribution >= 4 is 27.8 Å². The molecule has 17 heavy (non-hydrogen) atoms. The number of nitrogens with two attached hydrogens (primary N) is 1. The number of methoxy groups -OCH3 is 1. The summed E-state index contributed by atoms with van der Waals surface area (Å²) in [6.45, 7) is 1.47. The van der Waals surface area contributed by atoms with Gasteiger partial charge in [-0.3, -0.25) is 5.41 Å². The summed E-state index contributed by atoms with van der Waals surface area (Å²) < 4.78 is 7.22. The predicted molar refractivity (Wildman–Crippen MR) is 71.6 cm³/mol. The molecule has 0 aliphatic rings. The van der Waals surface area contributed by atoms with Crippen molar-refractivity contribution in [2.24, 2.45) is 5.73 Å². The second-order valence-electron chi connectivity index (χ2n) is 3.66. The van der Waals surface area contributed by atoms with E-state index in [4.69, 9.17) is 15.9 Å². The fourth-order valence-electron chi connectivity index (χ4n) is 1.79. The quantitative estimate of drug-likeness (QED) is 0.496. The first-order valence-electron chi connectivity index (χ1n) is 5.31. The second kappa shape index (κ2) is 5.25. The molecule has 0 saturated carbocycles. The van der Waals surface area contributed by atoms with Crippen LogP contribution in [0.15, 0.2) is 35.4 Å². The van der Waals surface area contributed by atoms with E-state index in [1.54, 1.807) is 7.11 Å². The van der Waals surface area contributed by atoms with Gasteiger partial charge < -0.3 is 15.0 Å². The molecule has 0 amide bonds. The molecular weight excluding hydrogens is 234 g/mol. The zero-order valence-corrected chi connectivity index (χ0v) is 10.5. The van der Waals surface area contributed by atoms with Crippen LogP contribution < -0.4 is 5.73 Å². The number of thioether (sulfide) groups is 1. The minimum atomic E-state index is 0.111. The van der Waals surface area contributed by atoms with E-state index in [0.29, 0.717) is 6.61 Å². The summed E-state index contributed by atoms with van der Waals surface area (Å²) in [5.41, 5.74) is 6.58. The molecule has 0 spiro atoms. The van der Waals surface area contributed by atoms with Crippen LogP contribution in [0.3, 0.4) is 0 Å². The normalized spacial score (nSPS) is 10.9. The predicted octanol–water partition coefficient (Wildman–Crippen LogP) is 2.27. The number of fused-ring (bicyclic) bond motifs is 1. The number of amidine groups is 1. The van der Waals surface area contributed by atoms with Gasteiger partial charge in [-0.05, 0) is 6.07 Å². The Bertz CT molecular complexity index is 536.